The van der Waals surface area contributed by atoms with Crippen LogP contribution in [0.15, 0.2) is 182 Å². The van der Waals surface area contributed by atoms with E-state index in [1.807, 2.05) is 62.4 Å². The van der Waals surface area contributed by atoms with Crippen LogP contribution in [0.4, 0.5) is 11.4 Å². The van der Waals surface area contributed by atoms with Gasteiger partial charge in [0.25, 0.3) is 0 Å². The van der Waals surface area contributed by atoms with Crippen LogP contribution in [-0.2, 0) is 5.41 Å². The number of hydrogen-bond acceptors (Lipinski definition) is 4. The van der Waals surface area contributed by atoms with Crippen LogP contribution in [0.1, 0.15) is 33.4 Å². The van der Waals surface area contributed by atoms with Gasteiger partial charge in [-0.25, -0.2) is 0 Å². The van der Waals surface area contributed by atoms with E-state index in [4.69, 9.17) is 20.9 Å². The van der Waals surface area contributed by atoms with E-state index in [9.17, 15) is 0 Å². The summed E-state index contributed by atoms with van der Waals surface area (Å²) in [5, 5.41) is 0. The summed E-state index contributed by atoms with van der Waals surface area (Å²) in [6.45, 7) is 4.05. The van der Waals surface area contributed by atoms with Gasteiger partial charge in [-0.3, -0.25) is 0 Å². The summed E-state index contributed by atoms with van der Waals surface area (Å²) >= 11 is 0. The van der Waals surface area contributed by atoms with Crippen molar-refractivity contribution >= 4 is 11.4 Å². The average molecular weight is 713 g/mol. The zero-order chi connectivity index (χ0) is 37.5. The molecule has 4 N–H and O–H groups in total. The minimum absolute atomic E-state index is 0.675. The number of anilines is 2. The number of fused-ring (bicyclic) bond motifs is 3. The first kappa shape index (κ1) is 33.8. The van der Waals surface area contributed by atoms with Gasteiger partial charge in [0, 0.05) is 22.5 Å². The number of nitrogens with two attached hydrogens (primary N) is 2. The Hall–Kier alpha value is -7.04. The van der Waals surface area contributed by atoms with E-state index >= 15 is 0 Å². The quantitative estimate of drug-likeness (QED) is 0.154. The maximum absolute atomic E-state index is 6.73. The normalized spacial score (nSPS) is 12.5. The number of ether oxygens (including phenoxy) is 2. The van der Waals surface area contributed by atoms with Crippen molar-refractivity contribution in [3.8, 4) is 56.4 Å². The molecule has 0 aliphatic heterocycles. The van der Waals surface area contributed by atoms with Crippen LogP contribution in [0.2, 0.25) is 0 Å². The Morgan fingerprint density at radius 2 is 0.745 bits per heavy atom. The fraction of sp³-hybridized carbons (Fsp3) is 0.0588. The van der Waals surface area contributed by atoms with Crippen molar-refractivity contribution in [1.29, 1.82) is 0 Å². The number of aryl methyl sites for hydroxylation is 2. The molecule has 0 radical (unpaired) electrons. The molecule has 1 aliphatic carbocycles. The van der Waals surface area contributed by atoms with E-state index in [-0.39, 0.29) is 0 Å². The second-order valence-corrected chi connectivity index (χ2v) is 14.2. The molecule has 0 bridgehead atoms. The third kappa shape index (κ3) is 5.89. The van der Waals surface area contributed by atoms with Crippen LogP contribution in [-0.4, -0.2) is 0 Å². The molecule has 8 aromatic rings. The molecule has 0 atom stereocenters. The van der Waals surface area contributed by atoms with Crippen molar-refractivity contribution in [2.24, 2.45) is 0 Å². The van der Waals surface area contributed by atoms with Gasteiger partial charge in [0.15, 0.2) is 0 Å². The van der Waals surface area contributed by atoms with E-state index in [2.05, 4.69) is 133 Å². The van der Waals surface area contributed by atoms with Crippen LogP contribution in [0.3, 0.4) is 0 Å². The van der Waals surface area contributed by atoms with Crippen molar-refractivity contribution in [3.05, 3.63) is 215 Å². The topological polar surface area (TPSA) is 70.5 Å². The maximum atomic E-state index is 6.73. The van der Waals surface area contributed by atoms with Crippen molar-refractivity contribution in [3.63, 3.8) is 0 Å². The van der Waals surface area contributed by atoms with Gasteiger partial charge in [0.05, 0.1) is 5.41 Å². The Bertz CT molecular complexity index is 2510. The molecule has 4 heteroatoms. The third-order valence-electron chi connectivity index (χ3n) is 10.8. The van der Waals surface area contributed by atoms with Crippen LogP contribution in [0.25, 0.3) is 33.4 Å². The zero-order valence-electron chi connectivity index (χ0n) is 30.8. The lowest BCUT2D eigenvalue weighted by Gasteiger charge is -2.35. The first-order valence-electron chi connectivity index (χ1n) is 18.6. The molecule has 0 saturated heterocycles. The van der Waals surface area contributed by atoms with Gasteiger partial charge >= 0.3 is 0 Å². The Kier molecular flexibility index (Phi) is 8.44. The summed E-state index contributed by atoms with van der Waals surface area (Å²) in [5.41, 5.74) is 26.2. The molecule has 0 aromatic heterocycles. The standard InChI is InChI=1S/C51H40N2O2/c1-33-29-39(52)23-27-47(33)54-49-25-21-37(31-43(49)35-13-5-3-6-14-35)51(45-19-11-9-17-41(45)42-18-10-12-20-46(42)51)38-22-26-50(44(32-38)36-15-7-4-8-16-36)55-48-28-24-40(53)30-34(48)2/h3-32H,52-53H2,1-2H3. The van der Waals surface area contributed by atoms with Gasteiger partial charge in [-0.15, -0.1) is 0 Å². The highest BCUT2D eigenvalue weighted by Gasteiger charge is 2.46. The van der Waals surface area contributed by atoms with Crippen LogP contribution >= 0.6 is 0 Å². The summed E-state index contributed by atoms with van der Waals surface area (Å²) in [6.07, 6.45) is 0. The van der Waals surface area contributed by atoms with E-state index in [0.717, 1.165) is 67.5 Å². The highest BCUT2D eigenvalue weighted by atomic mass is 16.5. The minimum atomic E-state index is -0.675. The van der Waals surface area contributed by atoms with Gasteiger partial charge in [-0.05, 0) is 130 Å². The molecule has 8 aromatic carbocycles. The predicted molar refractivity (Wildman–Crippen MR) is 226 cm³/mol. The van der Waals surface area contributed by atoms with Crippen molar-refractivity contribution in [2.45, 2.75) is 19.3 Å². The zero-order valence-corrected chi connectivity index (χ0v) is 30.8. The van der Waals surface area contributed by atoms with Crippen molar-refractivity contribution < 1.29 is 9.47 Å². The number of hydrogen-bond donors (Lipinski definition) is 2. The predicted octanol–water partition coefficient (Wildman–Crippen LogP) is 12.7. The van der Waals surface area contributed by atoms with Crippen LogP contribution in [0.5, 0.6) is 23.0 Å². The molecular formula is C51H40N2O2. The number of rotatable bonds is 8. The largest absolute Gasteiger partial charge is 0.456 e. The molecule has 0 heterocycles. The summed E-state index contributed by atoms with van der Waals surface area (Å²) in [4.78, 5) is 0. The van der Waals surface area contributed by atoms with Gasteiger partial charge in [0.1, 0.15) is 23.0 Å². The molecule has 9 rings (SSSR count). The van der Waals surface area contributed by atoms with Crippen LogP contribution in [0, 0.1) is 13.8 Å². The molecule has 55 heavy (non-hydrogen) atoms. The molecule has 266 valence electrons. The Labute approximate surface area is 322 Å². The van der Waals surface area contributed by atoms with Gasteiger partial charge in [-0.1, -0.05) is 121 Å². The summed E-state index contributed by atoms with van der Waals surface area (Å²) in [6, 6.07) is 63.5. The number of nitrogen functional groups attached to an aromatic ring is 2. The Morgan fingerprint density at radius 3 is 1.16 bits per heavy atom. The second-order valence-electron chi connectivity index (χ2n) is 14.2. The first-order valence-corrected chi connectivity index (χ1v) is 18.6. The lowest BCUT2D eigenvalue weighted by atomic mass is 9.67. The maximum Gasteiger partial charge on any atom is 0.135 e. The molecular weight excluding hydrogens is 673 g/mol. The SMILES string of the molecule is Cc1cc(N)ccc1Oc1ccc(C2(c3ccc(Oc4ccc(N)cc4C)c(-c4ccccc4)c3)c3ccccc3-c3ccccc32)cc1-c1ccccc1. The minimum Gasteiger partial charge on any atom is -0.456 e. The lowest BCUT2D eigenvalue weighted by molar-refractivity contribution is 0.480. The van der Waals surface area contributed by atoms with E-state index in [1.54, 1.807) is 0 Å². The molecule has 0 fully saturated rings. The summed E-state index contributed by atoms with van der Waals surface area (Å²) in [7, 11) is 0. The smallest absolute Gasteiger partial charge is 0.135 e. The van der Waals surface area contributed by atoms with Gasteiger partial charge in [0.2, 0.25) is 0 Å². The molecule has 0 amide bonds. The van der Waals surface area contributed by atoms with Gasteiger partial charge in [-0.2, -0.15) is 0 Å². The monoisotopic (exact) mass is 712 g/mol. The highest BCUT2D eigenvalue weighted by Crippen LogP contribution is 2.57. The molecule has 4 nitrogen and oxygen atoms in total. The van der Waals surface area contributed by atoms with Crippen LogP contribution < -0.4 is 20.9 Å². The van der Waals surface area contributed by atoms with E-state index < -0.39 is 5.41 Å². The van der Waals surface area contributed by atoms with Crippen molar-refractivity contribution in [2.75, 3.05) is 11.5 Å². The Morgan fingerprint density at radius 1 is 0.364 bits per heavy atom. The fourth-order valence-corrected chi connectivity index (χ4v) is 8.23. The second kappa shape index (κ2) is 13.7. The van der Waals surface area contributed by atoms with E-state index in [0.29, 0.717) is 11.4 Å². The first-order chi connectivity index (χ1) is 26.9. The fourth-order valence-electron chi connectivity index (χ4n) is 8.23. The third-order valence-corrected chi connectivity index (χ3v) is 10.8. The molecule has 0 unspecified atom stereocenters. The van der Waals surface area contributed by atoms with Gasteiger partial charge < -0.3 is 20.9 Å². The van der Waals surface area contributed by atoms with Crippen molar-refractivity contribution in [1.82, 2.24) is 0 Å². The summed E-state index contributed by atoms with van der Waals surface area (Å²) in [5.74, 6) is 3.07. The van der Waals surface area contributed by atoms with E-state index in [1.165, 1.54) is 22.3 Å². The molecule has 0 saturated carbocycles. The highest BCUT2D eigenvalue weighted by molar-refractivity contribution is 5.88. The number of benzene rings is 8. The average Bonchev–Trinajstić information content (AvgIpc) is 3.52. The molecule has 0 spiro atoms. The molecule has 1 aliphatic rings. The Balaban J connectivity index is 1.31. The summed E-state index contributed by atoms with van der Waals surface area (Å²) < 4.78 is 13.5. The lowest BCUT2D eigenvalue weighted by Crippen LogP contribution is -2.28.